The van der Waals surface area contributed by atoms with Crippen molar-refractivity contribution >= 4 is 18.4 Å². The van der Waals surface area contributed by atoms with E-state index < -0.39 is 0 Å². The molecule has 0 aliphatic carbocycles. The topological polar surface area (TPSA) is 63.2 Å². The molecule has 0 bridgehead atoms. The number of carbonyl (C=O) groups excluding carboxylic acids is 2. The maximum atomic E-state index is 10.6. The van der Waals surface area contributed by atoms with Gasteiger partial charge in [-0.15, -0.1) is 0 Å². The molecule has 1 aromatic rings. The van der Waals surface area contributed by atoms with Gasteiger partial charge in [-0.05, 0) is 12.8 Å². The standard InChI is InChI=1S/C11H13N3O2/c15-7-9-1-3-14(4-2-9)11-6-12-10(8-16)5-13-11/h5-9H,1-4H2. The molecule has 0 saturated carbocycles. The highest BCUT2D eigenvalue weighted by Gasteiger charge is 2.19. The average Bonchev–Trinajstić information content (AvgIpc) is 2.39. The average molecular weight is 219 g/mol. The van der Waals surface area contributed by atoms with Crippen molar-refractivity contribution < 1.29 is 9.59 Å². The Kier molecular flexibility index (Phi) is 3.24. The first kappa shape index (κ1) is 10.7. The van der Waals surface area contributed by atoms with Crippen LogP contribution in [-0.2, 0) is 4.79 Å². The third-order valence-corrected chi connectivity index (χ3v) is 2.83. The van der Waals surface area contributed by atoms with E-state index in [1.165, 1.54) is 6.20 Å². The molecule has 0 N–H and O–H groups in total. The fourth-order valence-electron chi connectivity index (χ4n) is 1.82. The number of aromatic nitrogens is 2. The Hall–Kier alpha value is -1.78. The highest BCUT2D eigenvalue weighted by molar-refractivity contribution is 5.71. The fourth-order valence-corrected chi connectivity index (χ4v) is 1.82. The second-order valence-corrected chi connectivity index (χ2v) is 3.88. The summed E-state index contributed by atoms with van der Waals surface area (Å²) in [6.07, 6.45) is 6.49. The van der Waals surface area contributed by atoms with Crippen LogP contribution in [0, 0.1) is 5.92 Å². The minimum atomic E-state index is 0.179. The number of carbonyl (C=O) groups is 2. The van der Waals surface area contributed by atoms with Crippen molar-refractivity contribution in [3.05, 3.63) is 18.1 Å². The number of nitrogens with zero attached hydrogens (tertiary/aromatic N) is 3. The van der Waals surface area contributed by atoms with Crippen LogP contribution in [0.1, 0.15) is 23.3 Å². The van der Waals surface area contributed by atoms with E-state index in [2.05, 4.69) is 14.9 Å². The molecule has 1 aliphatic heterocycles. The SMILES string of the molecule is O=Cc1cnc(N2CCC(C=O)CC2)cn1. The second-order valence-electron chi connectivity index (χ2n) is 3.88. The van der Waals surface area contributed by atoms with Crippen molar-refractivity contribution in [2.75, 3.05) is 18.0 Å². The van der Waals surface area contributed by atoms with E-state index >= 15 is 0 Å². The molecule has 1 fully saturated rings. The molecular weight excluding hydrogens is 206 g/mol. The van der Waals surface area contributed by atoms with Crippen LogP contribution in [0.15, 0.2) is 12.4 Å². The van der Waals surface area contributed by atoms with Crippen molar-refractivity contribution in [3.63, 3.8) is 0 Å². The van der Waals surface area contributed by atoms with Gasteiger partial charge in [-0.3, -0.25) is 4.79 Å². The van der Waals surface area contributed by atoms with Crippen molar-refractivity contribution in [2.45, 2.75) is 12.8 Å². The predicted octanol–water partition coefficient (Wildman–Crippen LogP) is 0.704. The molecule has 0 unspecified atom stereocenters. The molecular formula is C11H13N3O2. The maximum Gasteiger partial charge on any atom is 0.170 e. The summed E-state index contributed by atoms with van der Waals surface area (Å²) in [6.45, 7) is 1.64. The normalized spacial score (nSPS) is 17.1. The summed E-state index contributed by atoms with van der Waals surface area (Å²) < 4.78 is 0. The first-order valence-electron chi connectivity index (χ1n) is 5.31. The van der Waals surface area contributed by atoms with Gasteiger partial charge in [0.1, 0.15) is 17.8 Å². The number of rotatable bonds is 3. The molecule has 0 radical (unpaired) electrons. The van der Waals surface area contributed by atoms with Crippen LogP contribution in [0.25, 0.3) is 0 Å². The van der Waals surface area contributed by atoms with Gasteiger partial charge in [-0.1, -0.05) is 0 Å². The van der Waals surface area contributed by atoms with Crippen molar-refractivity contribution in [3.8, 4) is 0 Å². The molecule has 0 spiro atoms. The number of hydrogen-bond acceptors (Lipinski definition) is 5. The van der Waals surface area contributed by atoms with Crippen LogP contribution < -0.4 is 4.90 Å². The van der Waals surface area contributed by atoms with Crippen LogP contribution in [0.4, 0.5) is 5.82 Å². The summed E-state index contributed by atoms with van der Waals surface area (Å²) in [5.41, 5.74) is 0.339. The smallest absolute Gasteiger partial charge is 0.170 e. The molecule has 0 aromatic carbocycles. The molecule has 5 heteroatoms. The van der Waals surface area contributed by atoms with Crippen molar-refractivity contribution in [1.29, 1.82) is 0 Å². The Labute approximate surface area is 93.5 Å². The van der Waals surface area contributed by atoms with E-state index in [9.17, 15) is 9.59 Å². The number of aldehydes is 2. The zero-order valence-electron chi connectivity index (χ0n) is 8.87. The van der Waals surface area contributed by atoms with Crippen LogP contribution >= 0.6 is 0 Å². The highest BCUT2D eigenvalue weighted by atomic mass is 16.1. The Balaban J connectivity index is 2.02. The van der Waals surface area contributed by atoms with Gasteiger partial charge in [0.25, 0.3) is 0 Å². The molecule has 2 heterocycles. The molecule has 0 amide bonds. The molecule has 2 rings (SSSR count). The van der Waals surface area contributed by atoms with Crippen LogP contribution in [0.5, 0.6) is 0 Å². The van der Waals surface area contributed by atoms with Gasteiger partial charge < -0.3 is 9.69 Å². The summed E-state index contributed by atoms with van der Waals surface area (Å²) in [7, 11) is 0. The minimum absolute atomic E-state index is 0.179. The molecule has 1 saturated heterocycles. The first-order chi connectivity index (χ1) is 7.83. The molecule has 84 valence electrons. The van der Waals surface area contributed by atoms with Gasteiger partial charge in [0.15, 0.2) is 6.29 Å². The molecule has 5 nitrogen and oxygen atoms in total. The lowest BCUT2D eigenvalue weighted by atomic mass is 9.99. The molecule has 1 aliphatic rings. The Bertz CT molecular complexity index is 369. The van der Waals surface area contributed by atoms with Gasteiger partial charge in [0.2, 0.25) is 0 Å². The quantitative estimate of drug-likeness (QED) is 0.700. The van der Waals surface area contributed by atoms with Gasteiger partial charge in [-0.25, -0.2) is 9.97 Å². The van der Waals surface area contributed by atoms with Crippen molar-refractivity contribution in [2.24, 2.45) is 5.92 Å². The van der Waals surface area contributed by atoms with E-state index in [-0.39, 0.29) is 5.92 Å². The largest absolute Gasteiger partial charge is 0.355 e. The lowest BCUT2D eigenvalue weighted by Crippen LogP contribution is -2.34. The summed E-state index contributed by atoms with van der Waals surface area (Å²) in [4.78, 5) is 31.2. The zero-order chi connectivity index (χ0) is 11.4. The molecule has 16 heavy (non-hydrogen) atoms. The number of piperidine rings is 1. The fraction of sp³-hybridized carbons (Fsp3) is 0.455. The van der Waals surface area contributed by atoms with Crippen LogP contribution in [0.2, 0.25) is 0 Å². The highest BCUT2D eigenvalue weighted by Crippen LogP contribution is 2.19. The Morgan fingerprint density at radius 1 is 1.19 bits per heavy atom. The van der Waals surface area contributed by atoms with Crippen molar-refractivity contribution in [1.82, 2.24) is 9.97 Å². The lowest BCUT2D eigenvalue weighted by molar-refractivity contribution is -0.111. The third kappa shape index (κ3) is 2.24. The second kappa shape index (κ2) is 4.83. The van der Waals surface area contributed by atoms with Gasteiger partial charge >= 0.3 is 0 Å². The lowest BCUT2D eigenvalue weighted by Gasteiger charge is -2.30. The number of anilines is 1. The summed E-state index contributed by atoms with van der Waals surface area (Å²) >= 11 is 0. The molecule has 1 aromatic heterocycles. The van der Waals surface area contributed by atoms with E-state index in [1.54, 1.807) is 6.20 Å². The minimum Gasteiger partial charge on any atom is -0.355 e. The van der Waals surface area contributed by atoms with Gasteiger partial charge in [-0.2, -0.15) is 0 Å². The first-order valence-corrected chi connectivity index (χ1v) is 5.31. The summed E-state index contributed by atoms with van der Waals surface area (Å²) in [5, 5.41) is 0. The van der Waals surface area contributed by atoms with E-state index in [4.69, 9.17) is 0 Å². The third-order valence-electron chi connectivity index (χ3n) is 2.83. The van der Waals surface area contributed by atoms with Crippen LogP contribution in [-0.4, -0.2) is 35.6 Å². The summed E-state index contributed by atoms with van der Waals surface area (Å²) in [6, 6.07) is 0. The van der Waals surface area contributed by atoms with Crippen LogP contribution in [0.3, 0.4) is 0 Å². The van der Waals surface area contributed by atoms with Gasteiger partial charge in [0, 0.05) is 19.0 Å². The Morgan fingerprint density at radius 3 is 2.44 bits per heavy atom. The monoisotopic (exact) mass is 219 g/mol. The maximum absolute atomic E-state index is 10.6. The van der Waals surface area contributed by atoms with Gasteiger partial charge in [0.05, 0.1) is 12.4 Å². The summed E-state index contributed by atoms with van der Waals surface area (Å²) in [5.74, 6) is 0.952. The predicted molar refractivity (Wildman–Crippen MR) is 58.4 cm³/mol. The van der Waals surface area contributed by atoms with E-state index in [1.807, 2.05) is 0 Å². The zero-order valence-corrected chi connectivity index (χ0v) is 8.87. The molecule has 0 atom stereocenters. The number of hydrogen-bond donors (Lipinski definition) is 0. The van der Waals surface area contributed by atoms with E-state index in [0.29, 0.717) is 12.0 Å². The Morgan fingerprint density at radius 2 is 1.94 bits per heavy atom. The van der Waals surface area contributed by atoms with E-state index in [0.717, 1.165) is 38.0 Å².